The molecule has 3 rings (SSSR count). The average Bonchev–Trinajstić information content (AvgIpc) is 3.24. The average molecular weight is 495 g/mol. The van der Waals surface area contributed by atoms with Gasteiger partial charge in [0.25, 0.3) is 5.91 Å². The second-order valence-corrected chi connectivity index (χ2v) is 7.87. The molecular formula is C21H26IN3O3. The molecule has 0 saturated carbocycles. The van der Waals surface area contributed by atoms with Gasteiger partial charge < -0.3 is 14.2 Å². The number of amides is 2. The number of carbonyl (C=O) groups is 2. The Morgan fingerprint density at radius 1 is 1.29 bits per heavy atom. The smallest absolute Gasteiger partial charge is 0.276 e. The molecule has 1 aromatic carbocycles. The fraction of sp³-hybridized carbons (Fsp3) is 0.476. The summed E-state index contributed by atoms with van der Waals surface area (Å²) >= 11 is 2.10. The normalized spacial score (nSPS) is 16.0. The highest BCUT2D eigenvalue weighted by molar-refractivity contribution is 14.1. The number of hydrogen-bond acceptors (Lipinski definition) is 4. The standard InChI is InChI=1S/C21H26IN3O3/c1-3-18(15-7-5-4-6-8-15)24(2)21(27)17-14-28-20(23-17)16-9-11-25(12-10-16)19(26)13-22/h4-8,14,16,18H,3,9-13H2,1-2H3/t18-/m1/s1. The third kappa shape index (κ3) is 4.56. The van der Waals surface area contributed by atoms with E-state index >= 15 is 0 Å². The molecule has 1 atom stereocenters. The lowest BCUT2D eigenvalue weighted by Gasteiger charge is -2.30. The lowest BCUT2D eigenvalue weighted by molar-refractivity contribution is -0.129. The number of carbonyl (C=O) groups excluding carboxylic acids is 2. The van der Waals surface area contributed by atoms with E-state index in [1.807, 2.05) is 42.3 Å². The first kappa shape index (κ1) is 20.8. The highest BCUT2D eigenvalue weighted by Crippen LogP contribution is 2.29. The summed E-state index contributed by atoms with van der Waals surface area (Å²) in [6, 6.07) is 10.0. The van der Waals surface area contributed by atoms with Crippen molar-refractivity contribution in [2.45, 2.75) is 38.1 Å². The van der Waals surface area contributed by atoms with Crippen LogP contribution in [-0.4, -0.2) is 51.2 Å². The van der Waals surface area contributed by atoms with Crippen molar-refractivity contribution in [2.24, 2.45) is 0 Å². The molecule has 1 aromatic heterocycles. The van der Waals surface area contributed by atoms with E-state index in [-0.39, 0.29) is 23.8 Å². The summed E-state index contributed by atoms with van der Waals surface area (Å²) in [5.41, 5.74) is 1.45. The Labute approximate surface area is 179 Å². The molecule has 0 unspecified atom stereocenters. The summed E-state index contributed by atoms with van der Waals surface area (Å²) in [4.78, 5) is 32.9. The highest BCUT2D eigenvalue weighted by atomic mass is 127. The minimum absolute atomic E-state index is 0.00335. The SMILES string of the molecule is CC[C@H](c1ccccc1)N(C)C(=O)c1coc(C2CCN(C(=O)CI)CC2)n1. The maximum atomic E-state index is 12.9. The Kier molecular flexibility index (Phi) is 7.09. The van der Waals surface area contributed by atoms with Gasteiger partial charge in [-0.1, -0.05) is 59.8 Å². The molecule has 2 heterocycles. The number of nitrogens with zero attached hydrogens (tertiary/aromatic N) is 3. The summed E-state index contributed by atoms with van der Waals surface area (Å²) < 4.78 is 6.16. The summed E-state index contributed by atoms with van der Waals surface area (Å²) in [6.45, 7) is 3.49. The van der Waals surface area contributed by atoms with Crippen molar-refractivity contribution in [1.82, 2.24) is 14.8 Å². The number of oxazole rings is 1. The minimum Gasteiger partial charge on any atom is -0.448 e. The molecule has 150 valence electrons. The molecule has 0 radical (unpaired) electrons. The van der Waals surface area contributed by atoms with E-state index in [0.717, 1.165) is 24.8 Å². The lowest BCUT2D eigenvalue weighted by atomic mass is 9.97. The van der Waals surface area contributed by atoms with E-state index in [0.29, 0.717) is 29.1 Å². The van der Waals surface area contributed by atoms with Gasteiger partial charge in [0.1, 0.15) is 6.26 Å². The van der Waals surface area contributed by atoms with E-state index in [4.69, 9.17) is 4.42 Å². The third-order valence-corrected chi connectivity index (χ3v) is 6.06. The molecule has 1 saturated heterocycles. The van der Waals surface area contributed by atoms with Crippen LogP contribution in [0.25, 0.3) is 0 Å². The number of likely N-dealkylation sites (tertiary alicyclic amines) is 1. The molecule has 1 aliphatic rings. The van der Waals surface area contributed by atoms with Crippen molar-refractivity contribution in [3.8, 4) is 0 Å². The Morgan fingerprint density at radius 3 is 2.57 bits per heavy atom. The van der Waals surface area contributed by atoms with Crippen LogP contribution in [-0.2, 0) is 4.79 Å². The number of aromatic nitrogens is 1. The van der Waals surface area contributed by atoms with Crippen molar-refractivity contribution < 1.29 is 14.0 Å². The van der Waals surface area contributed by atoms with Crippen LogP contribution >= 0.6 is 22.6 Å². The molecule has 1 aliphatic heterocycles. The molecule has 6 nitrogen and oxygen atoms in total. The van der Waals surface area contributed by atoms with Gasteiger partial charge in [-0.3, -0.25) is 9.59 Å². The number of alkyl halides is 1. The van der Waals surface area contributed by atoms with Crippen molar-refractivity contribution in [1.29, 1.82) is 0 Å². The van der Waals surface area contributed by atoms with Crippen LogP contribution in [0.2, 0.25) is 0 Å². The van der Waals surface area contributed by atoms with Crippen LogP contribution in [0.3, 0.4) is 0 Å². The van der Waals surface area contributed by atoms with Crippen LogP contribution in [0.15, 0.2) is 41.0 Å². The van der Waals surface area contributed by atoms with Gasteiger partial charge in [-0.05, 0) is 24.8 Å². The molecule has 0 N–H and O–H groups in total. The highest BCUT2D eigenvalue weighted by Gasteiger charge is 2.29. The molecule has 0 aliphatic carbocycles. The van der Waals surface area contributed by atoms with E-state index in [2.05, 4.69) is 34.5 Å². The Balaban J connectivity index is 1.66. The first-order valence-electron chi connectivity index (χ1n) is 9.66. The fourth-order valence-electron chi connectivity index (χ4n) is 3.76. The van der Waals surface area contributed by atoms with E-state index in [1.54, 1.807) is 4.90 Å². The van der Waals surface area contributed by atoms with Gasteiger partial charge in [0.05, 0.1) is 10.5 Å². The predicted molar refractivity (Wildman–Crippen MR) is 116 cm³/mol. The monoisotopic (exact) mass is 495 g/mol. The molecule has 7 heteroatoms. The van der Waals surface area contributed by atoms with Gasteiger partial charge in [0.15, 0.2) is 11.6 Å². The first-order valence-corrected chi connectivity index (χ1v) is 11.2. The van der Waals surface area contributed by atoms with Crippen LogP contribution < -0.4 is 0 Å². The first-order chi connectivity index (χ1) is 13.5. The number of benzene rings is 1. The maximum Gasteiger partial charge on any atom is 0.276 e. The summed E-state index contributed by atoms with van der Waals surface area (Å²) in [6.07, 6.45) is 3.91. The van der Waals surface area contributed by atoms with Gasteiger partial charge in [-0.25, -0.2) is 4.98 Å². The molecule has 2 amide bonds. The number of piperidine rings is 1. The Bertz CT molecular complexity index is 800. The summed E-state index contributed by atoms with van der Waals surface area (Å²) in [5, 5.41) is 0. The summed E-state index contributed by atoms with van der Waals surface area (Å²) in [5.74, 6) is 0.797. The Morgan fingerprint density at radius 2 is 1.96 bits per heavy atom. The maximum absolute atomic E-state index is 12.9. The molecule has 2 aromatic rings. The van der Waals surface area contributed by atoms with Gasteiger partial charge in [-0.2, -0.15) is 0 Å². The quantitative estimate of drug-likeness (QED) is 0.448. The van der Waals surface area contributed by atoms with Gasteiger partial charge in [0.2, 0.25) is 5.91 Å². The number of hydrogen-bond donors (Lipinski definition) is 0. The van der Waals surface area contributed by atoms with Gasteiger partial charge >= 0.3 is 0 Å². The van der Waals surface area contributed by atoms with Crippen LogP contribution in [0, 0.1) is 0 Å². The minimum atomic E-state index is -0.136. The van der Waals surface area contributed by atoms with Gasteiger partial charge in [0, 0.05) is 26.1 Å². The van der Waals surface area contributed by atoms with Crippen LogP contribution in [0.5, 0.6) is 0 Å². The molecule has 0 spiro atoms. The second kappa shape index (κ2) is 9.54. The lowest BCUT2D eigenvalue weighted by Crippen LogP contribution is -2.38. The molecular weight excluding hydrogens is 469 g/mol. The van der Waals surface area contributed by atoms with Crippen molar-refractivity contribution >= 4 is 34.4 Å². The van der Waals surface area contributed by atoms with Crippen LogP contribution in [0.4, 0.5) is 0 Å². The second-order valence-electron chi connectivity index (χ2n) is 7.11. The molecule has 1 fully saturated rings. The fourth-order valence-corrected chi connectivity index (χ4v) is 4.25. The topological polar surface area (TPSA) is 66.7 Å². The zero-order chi connectivity index (χ0) is 20.1. The molecule has 0 bridgehead atoms. The zero-order valence-corrected chi connectivity index (χ0v) is 18.5. The van der Waals surface area contributed by atoms with Crippen molar-refractivity contribution in [2.75, 3.05) is 24.6 Å². The number of halogens is 1. The third-order valence-electron chi connectivity index (χ3n) is 5.41. The van der Waals surface area contributed by atoms with E-state index in [9.17, 15) is 9.59 Å². The van der Waals surface area contributed by atoms with Crippen molar-refractivity contribution in [3.63, 3.8) is 0 Å². The number of rotatable bonds is 6. The Hall–Kier alpha value is -1.90. The summed E-state index contributed by atoms with van der Waals surface area (Å²) in [7, 11) is 1.81. The van der Waals surface area contributed by atoms with E-state index < -0.39 is 0 Å². The van der Waals surface area contributed by atoms with E-state index in [1.165, 1.54) is 6.26 Å². The van der Waals surface area contributed by atoms with Gasteiger partial charge in [-0.15, -0.1) is 0 Å². The largest absolute Gasteiger partial charge is 0.448 e. The van der Waals surface area contributed by atoms with Crippen LogP contribution in [0.1, 0.15) is 60.1 Å². The molecule has 28 heavy (non-hydrogen) atoms. The predicted octanol–water partition coefficient (Wildman–Crippen LogP) is 4.04. The zero-order valence-electron chi connectivity index (χ0n) is 16.3. The van der Waals surface area contributed by atoms with Crippen molar-refractivity contribution in [3.05, 3.63) is 53.7 Å².